The molecule has 0 aliphatic heterocycles. The van der Waals surface area contributed by atoms with E-state index in [2.05, 4.69) is 10.3 Å². The molecule has 0 unspecified atom stereocenters. The number of aromatic nitrogens is 1. The molecule has 0 bridgehead atoms. The Morgan fingerprint density at radius 2 is 2.20 bits per heavy atom. The molecule has 0 aliphatic rings. The fraction of sp³-hybridized carbons (Fsp3) is 0.400. The number of hydrogen-bond donors (Lipinski definition) is 1. The normalized spacial score (nSPS) is 11.1. The monoisotopic (exact) mass is 293 g/mol. The number of hydrogen-bond acceptors (Lipinski definition) is 4. The van der Waals surface area contributed by atoms with Crippen molar-refractivity contribution >= 4 is 17.2 Å². The number of halogens is 1. The third-order valence-electron chi connectivity index (χ3n) is 2.99. The summed E-state index contributed by atoms with van der Waals surface area (Å²) >= 11 is 1.67. The summed E-state index contributed by atoms with van der Waals surface area (Å²) in [6.07, 6.45) is 1.67. The molecule has 2 heterocycles. The number of pyridine rings is 1. The molecule has 0 aliphatic carbocycles. The van der Waals surface area contributed by atoms with Crippen LogP contribution in [0.2, 0.25) is 0 Å². The average molecular weight is 293 g/mol. The lowest BCUT2D eigenvalue weighted by Gasteiger charge is -2.19. The van der Waals surface area contributed by atoms with E-state index in [0.717, 1.165) is 0 Å². The maximum atomic E-state index is 14.5. The van der Waals surface area contributed by atoms with Crippen LogP contribution in [0.15, 0.2) is 29.8 Å². The van der Waals surface area contributed by atoms with Gasteiger partial charge in [0.1, 0.15) is 0 Å². The van der Waals surface area contributed by atoms with E-state index in [-0.39, 0.29) is 5.82 Å². The molecule has 5 heteroatoms. The quantitative estimate of drug-likeness (QED) is 0.884. The zero-order valence-electron chi connectivity index (χ0n) is 12.1. The van der Waals surface area contributed by atoms with Gasteiger partial charge in [-0.3, -0.25) is 0 Å². The van der Waals surface area contributed by atoms with Crippen LogP contribution < -0.4 is 10.2 Å². The molecular weight excluding hydrogens is 273 g/mol. The Bertz CT molecular complexity index is 540. The summed E-state index contributed by atoms with van der Waals surface area (Å²) in [6.45, 7) is 5.28. The highest BCUT2D eigenvalue weighted by Gasteiger charge is 2.14. The van der Waals surface area contributed by atoms with Crippen LogP contribution in [0.5, 0.6) is 0 Å². The van der Waals surface area contributed by atoms with Crippen molar-refractivity contribution in [1.82, 2.24) is 10.3 Å². The van der Waals surface area contributed by atoms with E-state index in [0.29, 0.717) is 30.5 Å². The Morgan fingerprint density at radius 3 is 2.85 bits per heavy atom. The molecule has 0 saturated heterocycles. The molecule has 2 rings (SSSR count). The lowest BCUT2D eigenvalue weighted by Crippen LogP contribution is -2.24. The number of anilines is 1. The molecule has 3 nitrogen and oxygen atoms in total. The number of nitrogens with one attached hydrogen (secondary N) is 1. The van der Waals surface area contributed by atoms with Gasteiger partial charge in [-0.1, -0.05) is 19.9 Å². The summed E-state index contributed by atoms with van der Waals surface area (Å²) in [5.74, 6) is 0.168. The summed E-state index contributed by atoms with van der Waals surface area (Å²) in [5.41, 5.74) is 0.654. The van der Waals surface area contributed by atoms with Crippen LogP contribution >= 0.6 is 11.3 Å². The van der Waals surface area contributed by atoms with E-state index in [4.69, 9.17) is 0 Å². The van der Waals surface area contributed by atoms with Gasteiger partial charge in [0.2, 0.25) is 0 Å². The minimum atomic E-state index is -0.236. The molecule has 0 aromatic carbocycles. The van der Waals surface area contributed by atoms with E-state index in [1.807, 2.05) is 43.3 Å². The highest BCUT2D eigenvalue weighted by molar-refractivity contribution is 7.09. The summed E-state index contributed by atoms with van der Waals surface area (Å²) in [4.78, 5) is 7.22. The van der Waals surface area contributed by atoms with Crippen molar-refractivity contribution < 1.29 is 4.39 Å². The van der Waals surface area contributed by atoms with Gasteiger partial charge < -0.3 is 10.2 Å². The lowest BCUT2D eigenvalue weighted by atomic mass is 10.2. The van der Waals surface area contributed by atoms with Crippen LogP contribution in [-0.2, 0) is 13.1 Å². The first-order valence-electron chi connectivity index (χ1n) is 6.68. The number of nitrogens with zero attached hydrogens (tertiary/aromatic N) is 2. The largest absolute Gasteiger partial charge is 0.352 e. The van der Waals surface area contributed by atoms with Crippen LogP contribution in [-0.4, -0.2) is 18.1 Å². The van der Waals surface area contributed by atoms with E-state index in [9.17, 15) is 4.39 Å². The van der Waals surface area contributed by atoms with Gasteiger partial charge in [0.25, 0.3) is 0 Å². The second kappa shape index (κ2) is 6.81. The van der Waals surface area contributed by atoms with Crippen LogP contribution in [0.3, 0.4) is 0 Å². The zero-order valence-corrected chi connectivity index (χ0v) is 12.9. The summed E-state index contributed by atoms with van der Waals surface area (Å²) in [5, 5.41) is 5.25. The van der Waals surface area contributed by atoms with Gasteiger partial charge in [-0.15, -0.1) is 11.3 Å². The van der Waals surface area contributed by atoms with Crippen LogP contribution in [0, 0.1) is 5.82 Å². The number of thiophene rings is 1. The Morgan fingerprint density at radius 1 is 1.40 bits per heavy atom. The van der Waals surface area contributed by atoms with Gasteiger partial charge >= 0.3 is 0 Å². The molecule has 0 atom stereocenters. The molecule has 20 heavy (non-hydrogen) atoms. The molecule has 2 aromatic heterocycles. The van der Waals surface area contributed by atoms with Crippen molar-refractivity contribution in [2.75, 3.05) is 11.9 Å². The highest BCUT2D eigenvalue weighted by atomic mass is 32.1. The second-order valence-corrected chi connectivity index (χ2v) is 6.11. The molecule has 2 aromatic rings. The molecule has 0 amide bonds. The predicted molar refractivity (Wildman–Crippen MR) is 82.6 cm³/mol. The summed E-state index contributed by atoms with van der Waals surface area (Å²) in [6, 6.07) is 6.10. The Balaban J connectivity index is 2.12. The second-order valence-electron chi connectivity index (χ2n) is 5.08. The molecular formula is C15H20FN3S. The maximum Gasteiger partial charge on any atom is 0.170 e. The first kappa shape index (κ1) is 14.9. The molecule has 0 radical (unpaired) electrons. The molecule has 0 spiro atoms. The summed E-state index contributed by atoms with van der Waals surface area (Å²) in [7, 11) is 1.87. The molecule has 1 N–H and O–H groups in total. The van der Waals surface area contributed by atoms with Gasteiger partial charge in [-0.05, 0) is 17.5 Å². The van der Waals surface area contributed by atoms with Gasteiger partial charge in [0, 0.05) is 36.3 Å². The third-order valence-corrected chi connectivity index (χ3v) is 3.85. The van der Waals surface area contributed by atoms with Crippen molar-refractivity contribution in [3.63, 3.8) is 0 Å². The van der Waals surface area contributed by atoms with Gasteiger partial charge in [-0.2, -0.15) is 0 Å². The molecule has 0 saturated carbocycles. The SMILES string of the molecule is CC(C)NCc1ccnc(N(C)Cc2cccs2)c1F. The lowest BCUT2D eigenvalue weighted by molar-refractivity contribution is 0.548. The van der Waals surface area contributed by atoms with Crippen LogP contribution in [0.25, 0.3) is 0 Å². The smallest absolute Gasteiger partial charge is 0.170 e. The predicted octanol–water partition coefficient (Wildman–Crippen LogP) is 3.42. The summed E-state index contributed by atoms with van der Waals surface area (Å²) < 4.78 is 14.5. The van der Waals surface area contributed by atoms with Crippen molar-refractivity contribution in [2.45, 2.75) is 33.0 Å². The topological polar surface area (TPSA) is 28.2 Å². The standard InChI is InChI=1S/C15H20FN3S/c1-11(2)18-9-12-6-7-17-15(14(12)16)19(3)10-13-5-4-8-20-13/h4-8,11,18H,9-10H2,1-3H3. The minimum Gasteiger partial charge on any atom is -0.352 e. The van der Waals surface area contributed by atoms with E-state index < -0.39 is 0 Å². The van der Waals surface area contributed by atoms with Gasteiger partial charge in [0.05, 0.1) is 6.54 Å². The fourth-order valence-corrected chi connectivity index (χ4v) is 2.66. The van der Waals surface area contributed by atoms with Crippen molar-refractivity contribution in [1.29, 1.82) is 0 Å². The average Bonchev–Trinajstić information content (AvgIpc) is 2.90. The Labute approximate surface area is 123 Å². The maximum absolute atomic E-state index is 14.5. The molecule has 108 valence electrons. The fourth-order valence-electron chi connectivity index (χ4n) is 1.90. The van der Waals surface area contributed by atoms with Gasteiger partial charge in [-0.25, -0.2) is 9.37 Å². The van der Waals surface area contributed by atoms with Crippen molar-refractivity contribution in [3.05, 3.63) is 46.0 Å². The van der Waals surface area contributed by atoms with Crippen molar-refractivity contribution in [2.24, 2.45) is 0 Å². The first-order valence-corrected chi connectivity index (χ1v) is 7.56. The first-order chi connectivity index (χ1) is 9.58. The van der Waals surface area contributed by atoms with Gasteiger partial charge in [0.15, 0.2) is 11.6 Å². The highest BCUT2D eigenvalue weighted by Crippen LogP contribution is 2.21. The van der Waals surface area contributed by atoms with Crippen LogP contribution in [0.4, 0.5) is 10.2 Å². The van der Waals surface area contributed by atoms with E-state index >= 15 is 0 Å². The van der Waals surface area contributed by atoms with E-state index in [1.165, 1.54) is 4.88 Å². The number of rotatable bonds is 6. The third kappa shape index (κ3) is 3.77. The van der Waals surface area contributed by atoms with Crippen LogP contribution in [0.1, 0.15) is 24.3 Å². The Kier molecular flexibility index (Phi) is 5.09. The zero-order chi connectivity index (χ0) is 14.5. The van der Waals surface area contributed by atoms with E-state index in [1.54, 1.807) is 23.6 Å². The molecule has 0 fully saturated rings. The van der Waals surface area contributed by atoms with Crippen molar-refractivity contribution in [3.8, 4) is 0 Å². The minimum absolute atomic E-state index is 0.236. The Hall–Kier alpha value is -1.46.